The lowest BCUT2D eigenvalue weighted by Crippen LogP contribution is -2.56. The third kappa shape index (κ3) is 1.83. The first-order valence-corrected chi connectivity index (χ1v) is 8.88. The average molecular weight is 308 g/mol. The summed E-state index contributed by atoms with van der Waals surface area (Å²) in [5.41, 5.74) is -0.182. The Morgan fingerprint density at radius 2 is 1.86 bits per heavy atom. The number of hydrogen-bond donors (Lipinski definition) is 2. The number of aliphatic hydroxyl groups excluding tert-OH is 2. The maximum atomic E-state index is 12.4. The molecule has 0 unspecified atom stereocenters. The van der Waals surface area contributed by atoms with E-state index in [1.54, 1.807) is 0 Å². The fourth-order valence-corrected chi connectivity index (χ4v) is 6.52. The van der Waals surface area contributed by atoms with Crippen LogP contribution in [0, 0.1) is 34.5 Å². The molecular weight excluding hydrogens is 280 g/mol. The molecule has 0 aromatic heterocycles. The summed E-state index contributed by atoms with van der Waals surface area (Å²) in [5.74, 6) is 2.04. The standard InChI is InChI=1S/C18H28O4/c1-17-6-5-12-11(13(17)8-14(19)16(17)21)4-3-10-7-15(20)22-9-18(10,12)2/h10-15,19-20H,3-9H2,1-2H3/t10-,11-,12+,13+,14-,15+,17+,18+/m1/s1. The lowest BCUT2D eigenvalue weighted by atomic mass is 9.47. The monoisotopic (exact) mass is 308 g/mol. The van der Waals surface area contributed by atoms with Crippen molar-refractivity contribution in [3.05, 3.63) is 0 Å². The van der Waals surface area contributed by atoms with Crippen LogP contribution in [0.25, 0.3) is 0 Å². The van der Waals surface area contributed by atoms with Crippen LogP contribution in [0.1, 0.15) is 52.4 Å². The van der Waals surface area contributed by atoms with Crippen molar-refractivity contribution in [2.75, 3.05) is 6.61 Å². The van der Waals surface area contributed by atoms with Crippen molar-refractivity contribution in [3.8, 4) is 0 Å². The molecule has 1 saturated heterocycles. The van der Waals surface area contributed by atoms with Crippen molar-refractivity contribution in [2.24, 2.45) is 34.5 Å². The van der Waals surface area contributed by atoms with Gasteiger partial charge in [0.2, 0.25) is 0 Å². The molecule has 0 aromatic rings. The largest absolute Gasteiger partial charge is 0.385 e. The predicted molar refractivity (Wildman–Crippen MR) is 80.8 cm³/mol. The van der Waals surface area contributed by atoms with Gasteiger partial charge in [-0.15, -0.1) is 0 Å². The number of aliphatic hydroxyl groups is 2. The molecule has 2 N–H and O–H groups in total. The van der Waals surface area contributed by atoms with Crippen molar-refractivity contribution in [1.29, 1.82) is 0 Å². The first-order valence-electron chi connectivity index (χ1n) is 8.88. The molecular formula is C18H28O4. The SMILES string of the molecule is C[C@]12CO[C@H](O)C[C@H]1CC[C@@H]1[C@@H]2CC[C@]2(C)C(=O)[C@H](O)C[C@@H]12. The van der Waals surface area contributed by atoms with Gasteiger partial charge in [0.05, 0.1) is 6.61 Å². The fraction of sp³-hybridized carbons (Fsp3) is 0.944. The average Bonchev–Trinajstić information content (AvgIpc) is 2.72. The number of carbonyl (C=O) groups is 1. The third-order valence-corrected chi connectivity index (χ3v) is 7.87. The zero-order chi connectivity index (χ0) is 15.7. The number of carbonyl (C=O) groups excluding carboxylic acids is 1. The highest BCUT2D eigenvalue weighted by Gasteiger charge is 2.62. The summed E-state index contributed by atoms with van der Waals surface area (Å²) in [6.07, 6.45) is 4.28. The Bertz CT molecular complexity index is 491. The van der Waals surface area contributed by atoms with E-state index in [9.17, 15) is 15.0 Å². The molecule has 4 aliphatic rings. The lowest BCUT2D eigenvalue weighted by Gasteiger charge is -2.59. The second-order valence-electron chi connectivity index (χ2n) is 8.73. The highest BCUT2D eigenvalue weighted by Crippen LogP contribution is 2.64. The summed E-state index contributed by atoms with van der Waals surface area (Å²) >= 11 is 0. The molecule has 4 rings (SSSR count). The molecule has 1 heterocycles. The summed E-state index contributed by atoms with van der Waals surface area (Å²) in [7, 11) is 0. The normalized spacial score (nSPS) is 57.9. The van der Waals surface area contributed by atoms with E-state index in [0.29, 0.717) is 36.7 Å². The zero-order valence-corrected chi connectivity index (χ0v) is 13.6. The van der Waals surface area contributed by atoms with Crippen molar-refractivity contribution < 1.29 is 19.7 Å². The van der Waals surface area contributed by atoms with Crippen LogP contribution in [0.4, 0.5) is 0 Å². The Balaban J connectivity index is 1.64. The first-order chi connectivity index (χ1) is 10.4. The van der Waals surface area contributed by atoms with Crippen molar-refractivity contribution in [2.45, 2.75) is 64.8 Å². The van der Waals surface area contributed by atoms with Gasteiger partial charge in [0.15, 0.2) is 12.1 Å². The summed E-state index contributed by atoms with van der Waals surface area (Å²) in [6, 6.07) is 0. The van der Waals surface area contributed by atoms with Crippen LogP contribution in [0.2, 0.25) is 0 Å². The molecule has 0 spiro atoms. The van der Waals surface area contributed by atoms with Crippen LogP contribution in [-0.2, 0) is 9.53 Å². The number of fused-ring (bicyclic) bond motifs is 5. The van der Waals surface area contributed by atoms with Gasteiger partial charge in [0.1, 0.15) is 6.10 Å². The van der Waals surface area contributed by atoms with Crippen LogP contribution in [0.3, 0.4) is 0 Å². The van der Waals surface area contributed by atoms with Crippen LogP contribution in [0.15, 0.2) is 0 Å². The second-order valence-corrected chi connectivity index (χ2v) is 8.73. The lowest BCUT2D eigenvalue weighted by molar-refractivity contribution is -0.225. The van der Waals surface area contributed by atoms with Crippen molar-refractivity contribution in [1.82, 2.24) is 0 Å². The molecule has 0 amide bonds. The Kier molecular flexibility index (Phi) is 3.28. The number of rotatable bonds is 0. The van der Waals surface area contributed by atoms with Crippen LogP contribution in [0.5, 0.6) is 0 Å². The first kappa shape index (κ1) is 15.1. The van der Waals surface area contributed by atoms with Crippen LogP contribution < -0.4 is 0 Å². The summed E-state index contributed by atoms with van der Waals surface area (Å²) in [4.78, 5) is 12.4. The number of ketones is 1. The smallest absolute Gasteiger partial charge is 0.167 e. The van der Waals surface area contributed by atoms with Gasteiger partial charge in [-0.2, -0.15) is 0 Å². The van der Waals surface area contributed by atoms with E-state index in [-0.39, 0.29) is 16.6 Å². The van der Waals surface area contributed by atoms with Gasteiger partial charge in [-0.05, 0) is 61.2 Å². The Labute approximate surface area is 132 Å². The molecule has 3 aliphatic carbocycles. The minimum atomic E-state index is -0.747. The fourth-order valence-electron chi connectivity index (χ4n) is 6.52. The summed E-state index contributed by atoms with van der Waals surface area (Å²) in [6.45, 7) is 5.05. The van der Waals surface area contributed by atoms with E-state index in [4.69, 9.17) is 4.74 Å². The van der Waals surface area contributed by atoms with Crippen LogP contribution in [-0.4, -0.2) is 35.0 Å². The van der Waals surface area contributed by atoms with Gasteiger partial charge < -0.3 is 14.9 Å². The minimum Gasteiger partial charge on any atom is -0.385 e. The van der Waals surface area contributed by atoms with Gasteiger partial charge in [-0.1, -0.05) is 13.8 Å². The Morgan fingerprint density at radius 3 is 2.64 bits per heavy atom. The molecule has 22 heavy (non-hydrogen) atoms. The quantitative estimate of drug-likeness (QED) is 0.719. The third-order valence-electron chi connectivity index (χ3n) is 7.87. The topological polar surface area (TPSA) is 66.8 Å². The van der Waals surface area contributed by atoms with Gasteiger partial charge in [0.25, 0.3) is 0 Å². The van der Waals surface area contributed by atoms with Crippen LogP contribution >= 0.6 is 0 Å². The molecule has 4 heteroatoms. The highest BCUT2D eigenvalue weighted by atomic mass is 16.6. The number of Topliss-reactive ketones (excluding diaryl/α,β-unsaturated/α-hetero) is 1. The molecule has 3 saturated carbocycles. The zero-order valence-electron chi connectivity index (χ0n) is 13.6. The van der Waals surface area contributed by atoms with Crippen molar-refractivity contribution >= 4 is 5.78 Å². The molecule has 4 nitrogen and oxygen atoms in total. The maximum absolute atomic E-state index is 12.4. The molecule has 8 atom stereocenters. The van der Waals surface area contributed by atoms with E-state index in [0.717, 1.165) is 32.1 Å². The van der Waals surface area contributed by atoms with E-state index in [2.05, 4.69) is 13.8 Å². The highest BCUT2D eigenvalue weighted by molar-refractivity contribution is 5.91. The summed E-state index contributed by atoms with van der Waals surface area (Å²) in [5, 5.41) is 19.9. The van der Waals surface area contributed by atoms with E-state index in [1.165, 1.54) is 0 Å². The molecule has 0 bridgehead atoms. The number of hydrogen-bond acceptors (Lipinski definition) is 4. The molecule has 4 fully saturated rings. The van der Waals surface area contributed by atoms with Gasteiger partial charge in [-0.3, -0.25) is 4.79 Å². The Hall–Kier alpha value is -0.450. The minimum absolute atomic E-state index is 0.0820. The number of ether oxygens (including phenoxy) is 1. The molecule has 0 aromatic carbocycles. The van der Waals surface area contributed by atoms with Gasteiger partial charge in [0, 0.05) is 11.8 Å². The van der Waals surface area contributed by atoms with E-state index in [1.807, 2.05) is 0 Å². The Morgan fingerprint density at radius 1 is 1.09 bits per heavy atom. The van der Waals surface area contributed by atoms with Crippen molar-refractivity contribution in [3.63, 3.8) is 0 Å². The van der Waals surface area contributed by atoms with E-state index < -0.39 is 12.4 Å². The second kappa shape index (κ2) is 4.78. The molecule has 1 aliphatic heterocycles. The van der Waals surface area contributed by atoms with Gasteiger partial charge >= 0.3 is 0 Å². The van der Waals surface area contributed by atoms with E-state index >= 15 is 0 Å². The maximum Gasteiger partial charge on any atom is 0.167 e. The van der Waals surface area contributed by atoms with Gasteiger partial charge in [-0.25, -0.2) is 0 Å². The molecule has 0 radical (unpaired) electrons. The summed E-state index contributed by atoms with van der Waals surface area (Å²) < 4.78 is 5.62. The molecule has 124 valence electrons. The predicted octanol–water partition coefficient (Wildman–Crippen LogP) is 2.12.